The molecule has 1 heterocycles. The number of anilines is 1. The molecule has 2 rings (SSSR count). The highest BCUT2D eigenvalue weighted by Crippen LogP contribution is 2.29. The summed E-state index contributed by atoms with van der Waals surface area (Å²) in [6.45, 7) is 1.66. The molecular formula is C14H10ClF3N2O. The molecule has 0 aliphatic rings. The van der Waals surface area contributed by atoms with Crippen molar-refractivity contribution < 1.29 is 18.0 Å². The van der Waals surface area contributed by atoms with Crippen LogP contribution in [0.1, 0.15) is 21.6 Å². The SMILES string of the molecule is Cc1nc(Cl)ccc1NC(=O)c1ccc(C(F)(F)F)cc1. The van der Waals surface area contributed by atoms with E-state index in [-0.39, 0.29) is 5.56 Å². The number of benzene rings is 1. The Morgan fingerprint density at radius 3 is 2.29 bits per heavy atom. The largest absolute Gasteiger partial charge is 0.416 e. The van der Waals surface area contributed by atoms with Gasteiger partial charge in [0.25, 0.3) is 5.91 Å². The van der Waals surface area contributed by atoms with Crippen LogP contribution in [0.2, 0.25) is 5.15 Å². The second kappa shape index (κ2) is 5.73. The summed E-state index contributed by atoms with van der Waals surface area (Å²) in [5.74, 6) is -0.518. The molecule has 0 aliphatic heterocycles. The summed E-state index contributed by atoms with van der Waals surface area (Å²) in [6.07, 6.45) is -4.42. The first-order valence-electron chi connectivity index (χ1n) is 5.89. The van der Waals surface area contributed by atoms with E-state index in [9.17, 15) is 18.0 Å². The molecule has 0 spiro atoms. The Kier molecular flexibility index (Phi) is 4.18. The van der Waals surface area contributed by atoms with Crippen molar-refractivity contribution in [1.82, 2.24) is 4.98 Å². The number of aromatic nitrogens is 1. The van der Waals surface area contributed by atoms with Crippen molar-refractivity contribution in [1.29, 1.82) is 0 Å². The average molecular weight is 315 g/mol. The predicted molar refractivity (Wildman–Crippen MR) is 73.4 cm³/mol. The number of pyridine rings is 1. The van der Waals surface area contributed by atoms with Crippen molar-refractivity contribution in [2.75, 3.05) is 5.32 Å². The zero-order chi connectivity index (χ0) is 15.6. The maximum atomic E-state index is 12.4. The van der Waals surface area contributed by atoms with Gasteiger partial charge in [-0.25, -0.2) is 4.98 Å². The number of carbonyl (C=O) groups is 1. The molecule has 0 aliphatic carbocycles. The second-order valence-electron chi connectivity index (χ2n) is 4.30. The van der Waals surface area contributed by atoms with Crippen molar-refractivity contribution in [3.8, 4) is 0 Å². The Balaban J connectivity index is 2.17. The zero-order valence-electron chi connectivity index (χ0n) is 10.8. The van der Waals surface area contributed by atoms with Crippen molar-refractivity contribution in [2.24, 2.45) is 0 Å². The molecule has 3 nitrogen and oxygen atoms in total. The van der Waals surface area contributed by atoms with E-state index in [1.165, 1.54) is 6.07 Å². The fourth-order valence-corrected chi connectivity index (χ4v) is 1.86. The van der Waals surface area contributed by atoms with E-state index in [1.54, 1.807) is 13.0 Å². The second-order valence-corrected chi connectivity index (χ2v) is 4.68. The molecule has 2 aromatic rings. The van der Waals surface area contributed by atoms with Gasteiger partial charge in [-0.05, 0) is 43.3 Å². The molecule has 0 fully saturated rings. The number of rotatable bonds is 2. The number of nitrogens with one attached hydrogen (secondary N) is 1. The van der Waals surface area contributed by atoms with Crippen LogP contribution in [0.25, 0.3) is 0 Å². The Hall–Kier alpha value is -2.08. The van der Waals surface area contributed by atoms with Crippen molar-refractivity contribution in [2.45, 2.75) is 13.1 Å². The molecule has 21 heavy (non-hydrogen) atoms. The van der Waals surface area contributed by atoms with Crippen molar-refractivity contribution in [3.05, 3.63) is 58.4 Å². The van der Waals surface area contributed by atoms with E-state index in [0.717, 1.165) is 24.3 Å². The van der Waals surface area contributed by atoms with Gasteiger partial charge < -0.3 is 5.32 Å². The normalized spacial score (nSPS) is 11.3. The van der Waals surface area contributed by atoms with Gasteiger partial charge in [0.15, 0.2) is 0 Å². The van der Waals surface area contributed by atoms with Crippen molar-refractivity contribution in [3.63, 3.8) is 0 Å². The molecule has 1 aromatic carbocycles. The lowest BCUT2D eigenvalue weighted by atomic mass is 10.1. The van der Waals surface area contributed by atoms with Gasteiger partial charge in [0.1, 0.15) is 5.15 Å². The Morgan fingerprint density at radius 2 is 1.76 bits per heavy atom. The van der Waals surface area contributed by atoms with E-state index in [0.29, 0.717) is 16.5 Å². The highest BCUT2D eigenvalue weighted by molar-refractivity contribution is 6.29. The third kappa shape index (κ3) is 3.72. The summed E-state index contributed by atoms with van der Waals surface area (Å²) in [5.41, 5.74) is 0.285. The summed E-state index contributed by atoms with van der Waals surface area (Å²) in [4.78, 5) is 15.9. The molecule has 0 bridgehead atoms. The van der Waals surface area contributed by atoms with Gasteiger partial charge >= 0.3 is 6.18 Å². The Labute approximate surface area is 123 Å². The quantitative estimate of drug-likeness (QED) is 0.839. The molecule has 0 radical (unpaired) electrons. The van der Waals surface area contributed by atoms with Crippen LogP contribution < -0.4 is 5.32 Å². The fourth-order valence-electron chi connectivity index (χ4n) is 1.67. The molecule has 1 N–H and O–H groups in total. The van der Waals surface area contributed by atoms with Crippen LogP contribution in [0.5, 0.6) is 0 Å². The summed E-state index contributed by atoms with van der Waals surface area (Å²) >= 11 is 5.70. The molecule has 0 saturated heterocycles. The maximum absolute atomic E-state index is 12.4. The number of hydrogen-bond donors (Lipinski definition) is 1. The van der Waals surface area contributed by atoms with E-state index >= 15 is 0 Å². The highest BCUT2D eigenvalue weighted by atomic mass is 35.5. The molecule has 1 amide bonds. The third-order valence-corrected chi connectivity index (χ3v) is 2.98. The van der Waals surface area contributed by atoms with Crippen LogP contribution in [0, 0.1) is 6.92 Å². The van der Waals surface area contributed by atoms with Crippen LogP contribution in [0.4, 0.5) is 18.9 Å². The third-order valence-electron chi connectivity index (χ3n) is 2.77. The molecule has 0 saturated carbocycles. The minimum absolute atomic E-state index is 0.123. The Bertz CT molecular complexity index is 669. The summed E-state index contributed by atoms with van der Waals surface area (Å²) in [7, 11) is 0. The minimum atomic E-state index is -4.42. The number of amides is 1. The van der Waals surface area contributed by atoms with Crippen molar-refractivity contribution >= 4 is 23.2 Å². The molecule has 0 atom stereocenters. The standard InChI is InChI=1S/C14H10ClF3N2O/c1-8-11(6-7-12(15)19-8)20-13(21)9-2-4-10(5-3-9)14(16,17)18/h2-7H,1H3,(H,20,21). The smallest absolute Gasteiger partial charge is 0.320 e. The average Bonchev–Trinajstić information content (AvgIpc) is 2.41. The lowest BCUT2D eigenvalue weighted by Crippen LogP contribution is -2.14. The van der Waals surface area contributed by atoms with E-state index < -0.39 is 17.6 Å². The number of aryl methyl sites for hydroxylation is 1. The molecule has 110 valence electrons. The van der Waals surface area contributed by atoms with E-state index in [4.69, 9.17) is 11.6 Å². The minimum Gasteiger partial charge on any atom is -0.320 e. The first-order chi connectivity index (χ1) is 9.77. The summed E-state index contributed by atoms with van der Waals surface area (Å²) < 4.78 is 37.3. The van der Waals surface area contributed by atoms with Crippen LogP contribution in [0.3, 0.4) is 0 Å². The number of nitrogens with zero attached hydrogens (tertiary/aromatic N) is 1. The maximum Gasteiger partial charge on any atom is 0.416 e. The number of alkyl halides is 3. The molecule has 7 heteroatoms. The lowest BCUT2D eigenvalue weighted by Gasteiger charge is -2.09. The van der Waals surface area contributed by atoms with Gasteiger partial charge in [-0.1, -0.05) is 11.6 Å². The Morgan fingerprint density at radius 1 is 1.14 bits per heavy atom. The van der Waals surface area contributed by atoms with E-state index in [2.05, 4.69) is 10.3 Å². The highest BCUT2D eigenvalue weighted by Gasteiger charge is 2.30. The van der Waals surface area contributed by atoms with Gasteiger partial charge in [-0.2, -0.15) is 13.2 Å². The van der Waals surface area contributed by atoms with Gasteiger partial charge in [0, 0.05) is 5.56 Å². The number of carbonyl (C=O) groups excluding carboxylic acids is 1. The van der Waals surface area contributed by atoms with Gasteiger partial charge in [-0.15, -0.1) is 0 Å². The summed E-state index contributed by atoms with van der Waals surface area (Å²) in [6, 6.07) is 7.06. The van der Waals surface area contributed by atoms with Gasteiger partial charge in [0.2, 0.25) is 0 Å². The molecule has 0 unspecified atom stereocenters. The number of halogens is 4. The summed E-state index contributed by atoms with van der Waals surface area (Å²) in [5, 5.41) is 2.86. The zero-order valence-corrected chi connectivity index (χ0v) is 11.6. The van der Waals surface area contributed by atoms with Crippen LogP contribution in [-0.2, 0) is 6.18 Å². The van der Waals surface area contributed by atoms with Crippen LogP contribution in [0.15, 0.2) is 36.4 Å². The predicted octanol–water partition coefficient (Wildman–Crippen LogP) is 4.31. The van der Waals surface area contributed by atoms with Crippen LogP contribution >= 0.6 is 11.6 Å². The first kappa shape index (κ1) is 15.3. The fraction of sp³-hybridized carbons (Fsp3) is 0.143. The molecular weight excluding hydrogens is 305 g/mol. The molecule has 1 aromatic heterocycles. The van der Waals surface area contributed by atoms with E-state index in [1.807, 2.05) is 0 Å². The van der Waals surface area contributed by atoms with Gasteiger partial charge in [-0.3, -0.25) is 4.79 Å². The van der Waals surface area contributed by atoms with Gasteiger partial charge in [0.05, 0.1) is 16.9 Å². The topological polar surface area (TPSA) is 42.0 Å². The number of hydrogen-bond acceptors (Lipinski definition) is 2. The lowest BCUT2D eigenvalue weighted by molar-refractivity contribution is -0.137. The first-order valence-corrected chi connectivity index (χ1v) is 6.27. The van der Waals surface area contributed by atoms with Crippen LogP contribution in [-0.4, -0.2) is 10.9 Å². The monoisotopic (exact) mass is 314 g/mol.